The maximum atomic E-state index is 5.51. The van der Waals surface area contributed by atoms with E-state index in [0.717, 1.165) is 0 Å². The molecule has 0 nitrogen and oxygen atoms in total. The predicted octanol–water partition coefficient (Wildman–Crippen LogP) is 3.58. The Morgan fingerprint density at radius 1 is 1.11 bits per heavy atom. The van der Waals surface area contributed by atoms with Crippen LogP contribution in [0.25, 0.3) is 0 Å². The van der Waals surface area contributed by atoms with Crippen LogP contribution in [-0.2, 0) is 0 Å². The molecule has 0 N–H and O–H groups in total. The Kier molecular flexibility index (Phi) is 4.97. The van der Waals surface area contributed by atoms with Gasteiger partial charge in [0.2, 0.25) is 0 Å². The third-order valence-electron chi connectivity index (χ3n) is 1.39. The van der Waals surface area contributed by atoms with E-state index < -0.39 is 11.9 Å². The molecule has 0 fully saturated rings. The normalized spacial score (nSPS) is 11.9. The van der Waals surface area contributed by atoms with Crippen molar-refractivity contribution in [2.75, 3.05) is 0 Å². The molecule has 0 aliphatic rings. The van der Waals surface area contributed by atoms with Gasteiger partial charge in [0.05, 0.1) is 0 Å². The van der Waals surface area contributed by atoms with Crippen molar-refractivity contribution in [3.8, 4) is 0 Å². The van der Waals surface area contributed by atoms with Crippen molar-refractivity contribution >= 4 is 22.3 Å². The summed E-state index contributed by atoms with van der Waals surface area (Å²) >= 11 is -1.43. The van der Waals surface area contributed by atoms with E-state index in [1.54, 1.807) is 0 Å². The van der Waals surface area contributed by atoms with Gasteiger partial charge in [-0.15, -0.1) is 0 Å². The van der Waals surface area contributed by atoms with Crippen LogP contribution in [0.5, 0.6) is 0 Å². The third kappa shape index (κ3) is 5.23. The predicted molar refractivity (Wildman–Crippen MR) is 49.4 cm³/mol. The summed E-state index contributed by atoms with van der Waals surface area (Å²) in [6, 6.07) is 0. The molecule has 0 radical (unpaired) electrons. The zero-order valence-corrected chi connectivity index (χ0v) is 9.38. The Morgan fingerprint density at radius 3 is 1.67 bits per heavy atom. The Bertz CT molecular complexity index is 99.5. The molecule has 0 rings (SSSR count). The second-order valence-corrected chi connectivity index (χ2v) is 14.6. The van der Waals surface area contributed by atoms with Gasteiger partial charge in [-0.25, -0.2) is 0 Å². The van der Waals surface area contributed by atoms with Crippen molar-refractivity contribution in [3.05, 3.63) is 0 Å². The molecule has 0 unspecified atom stereocenters. The molecule has 0 bridgehead atoms. The fourth-order valence-corrected chi connectivity index (χ4v) is 7.39. The molecule has 0 atom stereocenters. The average Bonchev–Trinajstić information content (AvgIpc) is 1.64. The molecular formula is C7H17AsS. The minimum absolute atomic E-state index is 1.30. The first-order chi connectivity index (χ1) is 4.12. The summed E-state index contributed by atoms with van der Waals surface area (Å²) in [5.74, 6) is 0. The van der Waals surface area contributed by atoms with Gasteiger partial charge in [-0.2, -0.15) is 0 Å². The molecule has 0 aliphatic heterocycles. The van der Waals surface area contributed by atoms with E-state index >= 15 is 0 Å². The summed E-state index contributed by atoms with van der Waals surface area (Å²) in [4.78, 5) is 0. The quantitative estimate of drug-likeness (QED) is 0.636. The fourth-order valence-electron chi connectivity index (χ4n) is 1.06. The number of rotatable bonds is 4. The van der Waals surface area contributed by atoms with Crippen LogP contribution in [0.2, 0.25) is 16.1 Å². The first kappa shape index (κ1) is 9.78. The molecule has 0 heterocycles. The molecule has 0 saturated carbocycles. The Labute approximate surface area is 65.2 Å². The molecule has 0 aromatic rings. The van der Waals surface area contributed by atoms with Crippen LogP contribution in [-0.4, -0.2) is 11.9 Å². The van der Waals surface area contributed by atoms with E-state index in [2.05, 4.69) is 19.6 Å². The maximum absolute atomic E-state index is 5.51. The Morgan fingerprint density at radius 2 is 1.44 bits per heavy atom. The average molecular weight is 208 g/mol. The van der Waals surface area contributed by atoms with E-state index in [-0.39, 0.29) is 0 Å². The Balaban J connectivity index is 3.58. The van der Waals surface area contributed by atoms with Crippen LogP contribution >= 0.6 is 10.4 Å². The van der Waals surface area contributed by atoms with Crippen LogP contribution in [0.15, 0.2) is 0 Å². The van der Waals surface area contributed by atoms with Gasteiger partial charge in [-0.05, 0) is 0 Å². The zero-order chi connectivity index (χ0) is 7.33. The van der Waals surface area contributed by atoms with Gasteiger partial charge in [0.25, 0.3) is 0 Å². The van der Waals surface area contributed by atoms with Crippen LogP contribution < -0.4 is 0 Å². The topological polar surface area (TPSA) is 0 Å². The van der Waals surface area contributed by atoms with E-state index in [1.807, 2.05) is 0 Å². The van der Waals surface area contributed by atoms with Gasteiger partial charge in [0.15, 0.2) is 0 Å². The molecule has 56 valence electrons. The van der Waals surface area contributed by atoms with Crippen molar-refractivity contribution in [2.45, 2.75) is 42.8 Å². The monoisotopic (exact) mass is 208 g/mol. The van der Waals surface area contributed by atoms with Crippen molar-refractivity contribution in [2.24, 2.45) is 0 Å². The van der Waals surface area contributed by atoms with Gasteiger partial charge >= 0.3 is 65.1 Å². The van der Waals surface area contributed by atoms with Gasteiger partial charge < -0.3 is 0 Å². The second kappa shape index (κ2) is 4.57. The first-order valence-corrected chi connectivity index (χ1v) is 10.9. The summed E-state index contributed by atoms with van der Waals surface area (Å²) in [5.41, 5.74) is 2.35. The van der Waals surface area contributed by atoms with E-state index in [4.69, 9.17) is 10.4 Å². The summed E-state index contributed by atoms with van der Waals surface area (Å²) < 4.78 is 0. The third-order valence-corrected chi connectivity index (χ3v) is 9.14. The molecule has 2 heteroatoms. The van der Waals surface area contributed by atoms with Crippen molar-refractivity contribution in [3.63, 3.8) is 0 Å². The second-order valence-electron chi connectivity index (χ2n) is 2.74. The van der Waals surface area contributed by atoms with Crippen LogP contribution in [0.1, 0.15) is 26.7 Å². The van der Waals surface area contributed by atoms with Gasteiger partial charge in [-0.3, -0.25) is 0 Å². The van der Waals surface area contributed by atoms with Crippen LogP contribution in [0.3, 0.4) is 0 Å². The molecule has 0 aromatic carbocycles. The molecule has 0 amide bonds. The summed E-state index contributed by atoms with van der Waals surface area (Å²) in [6.07, 6.45) is 2.60. The fraction of sp³-hybridized carbons (Fsp3) is 1.00. The summed E-state index contributed by atoms with van der Waals surface area (Å²) in [6.45, 7) is 4.48. The first-order valence-electron chi connectivity index (χ1n) is 3.68. The summed E-state index contributed by atoms with van der Waals surface area (Å²) in [7, 11) is 5.51. The van der Waals surface area contributed by atoms with Crippen LogP contribution in [0, 0.1) is 0 Å². The molecule has 9 heavy (non-hydrogen) atoms. The van der Waals surface area contributed by atoms with Gasteiger partial charge in [-0.1, -0.05) is 0 Å². The van der Waals surface area contributed by atoms with Crippen LogP contribution in [0.4, 0.5) is 0 Å². The number of hydrogen-bond donors (Lipinski definition) is 0. The van der Waals surface area contributed by atoms with E-state index in [1.165, 1.54) is 23.3 Å². The molecular weight excluding hydrogens is 191 g/mol. The zero-order valence-electron chi connectivity index (χ0n) is 6.68. The van der Waals surface area contributed by atoms with Gasteiger partial charge in [0.1, 0.15) is 0 Å². The molecule has 0 aliphatic carbocycles. The van der Waals surface area contributed by atoms with Crippen molar-refractivity contribution in [1.29, 1.82) is 0 Å². The number of hydrogen-bond acceptors (Lipinski definition) is 1. The standard InChI is InChI=1S/C7H17AsS/c1-4-6-8(3,9)7-5-2/h4-7H2,1-3H3. The van der Waals surface area contributed by atoms with Crippen molar-refractivity contribution < 1.29 is 0 Å². The summed E-state index contributed by atoms with van der Waals surface area (Å²) in [5, 5.41) is 2.73. The molecule has 0 spiro atoms. The van der Waals surface area contributed by atoms with E-state index in [9.17, 15) is 0 Å². The molecule has 0 aromatic heterocycles. The molecule has 0 saturated heterocycles. The van der Waals surface area contributed by atoms with E-state index in [0.29, 0.717) is 0 Å². The Hall–Kier alpha value is 0.778. The minimum atomic E-state index is -1.43. The SMILES string of the molecule is CCC[As](C)(=S)CCC. The van der Waals surface area contributed by atoms with Crippen molar-refractivity contribution in [1.82, 2.24) is 0 Å². The van der Waals surface area contributed by atoms with Gasteiger partial charge in [0, 0.05) is 0 Å².